The number of esters is 1. The molecule has 5 heteroatoms. The van der Waals surface area contributed by atoms with E-state index in [0.29, 0.717) is 11.5 Å². The lowest BCUT2D eigenvalue weighted by Crippen LogP contribution is -2.34. The third-order valence-corrected chi connectivity index (χ3v) is 4.02. The van der Waals surface area contributed by atoms with Crippen LogP contribution in [0.5, 0.6) is 0 Å². The maximum absolute atomic E-state index is 12.0. The Hall–Kier alpha value is -2.17. The maximum Gasteiger partial charge on any atom is 0.309 e. The number of hydrogen-bond acceptors (Lipinski definition) is 4. The van der Waals surface area contributed by atoms with Crippen molar-refractivity contribution in [2.45, 2.75) is 39.5 Å². The molecular weight excluding hydrogens is 294 g/mol. The minimum atomic E-state index is -0.614. The zero-order valence-corrected chi connectivity index (χ0v) is 14.0. The zero-order valence-electron chi connectivity index (χ0n) is 14.0. The number of rotatable bonds is 4. The van der Waals surface area contributed by atoms with Crippen LogP contribution < -0.4 is 5.32 Å². The van der Waals surface area contributed by atoms with E-state index in [9.17, 15) is 14.4 Å². The fourth-order valence-corrected chi connectivity index (χ4v) is 2.25. The second kappa shape index (κ2) is 6.52. The first kappa shape index (κ1) is 17.2. The second-order valence-corrected chi connectivity index (χ2v) is 7.13. The average Bonchev–Trinajstić information content (AvgIpc) is 3.21. The van der Waals surface area contributed by atoms with E-state index in [1.54, 1.807) is 12.1 Å². The summed E-state index contributed by atoms with van der Waals surface area (Å²) in [5.41, 5.74) is 1.50. The highest BCUT2D eigenvalue weighted by molar-refractivity contribution is 6.05. The normalized spacial score (nSPS) is 19.8. The van der Waals surface area contributed by atoms with Gasteiger partial charge in [0.2, 0.25) is 0 Å². The number of carbonyl (C=O) groups excluding carboxylic acids is 3. The van der Waals surface area contributed by atoms with Crippen molar-refractivity contribution in [3.05, 3.63) is 35.4 Å². The average molecular weight is 317 g/mol. The highest BCUT2D eigenvalue weighted by Gasteiger charge is 2.40. The van der Waals surface area contributed by atoms with Crippen LogP contribution in [0.2, 0.25) is 0 Å². The zero-order chi connectivity index (χ0) is 17.2. The summed E-state index contributed by atoms with van der Waals surface area (Å²) in [5.74, 6) is -1.24. The van der Waals surface area contributed by atoms with Gasteiger partial charge in [-0.2, -0.15) is 0 Å². The van der Waals surface area contributed by atoms with Gasteiger partial charge in [-0.15, -0.1) is 0 Å². The minimum absolute atomic E-state index is 0.00102. The molecule has 0 bridgehead atoms. The molecule has 23 heavy (non-hydrogen) atoms. The molecule has 0 unspecified atom stereocenters. The molecule has 1 fully saturated rings. The Bertz CT molecular complexity index is 613. The highest BCUT2D eigenvalue weighted by Crippen LogP contribution is 2.38. The van der Waals surface area contributed by atoms with Gasteiger partial charge in [0, 0.05) is 5.56 Å². The molecule has 2 amide bonds. The van der Waals surface area contributed by atoms with Crippen molar-refractivity contribution < 1.29 is 19.1 Å². The summed E-state index contributed by atoms with van der Waals surface area (Å²) in [5, 5.41) is 2.23. The quantitative estimate of drug-likeness (QED) is 0.866. The first-order valence-electron chi connectivity index (χ1n) is 7.80. The Balaban J connectivity index is 1.83. The fourth-order valence-electron chi connectivity index (χ4n) is 2.25. The van der Waals surface area contributed by atoms with Gasteiger partial charge in [-0.1, -0.05) is 39.8 Å². The third kappa shape index (κ3) is 4.65. The molecule has 124 valence electrons. The van der Waals surface area contributed by atoms with Crippen molar-refractivity contribution in [3.8, 4) is 0 Å². The van der Waals surface area contributed by atoms with Crippen molar-refractivity contribution in [1.82, 2.24) is 5.32 Å². The van der Waals surface area contributed by atoms with Crippen LogP contribution in [0.3, 0.4) is 0 Å². The first-order valence-corrected chi connectivity index (χ1v) is 7.80. The monoisotopic (exact) mass is 317 g/mol. The van der Waals surface area contributed by atoms with Gasteiger partial charge in [-0.3, -0.25) is 19.7 Å². The molecule has 1 aliphatic carbocycles. The number of carbonyl (C=O) groups is 3. The molecule has 1 aromatic carbocycles. The number of imide groups is 1. The molecule has 1 saturated carbocycles. The van der Waals surface area contributed by atoms with Gasteiger partial charge in [-0.25, -0.2) is 0 Å². The van der Waals surface area contributed by atoms with E-state index in [-0.39, 0.29) is 17.3 Å². The van der Waals surface area contributed by atoms with E-state index in [4.69, 9.17) is 4.74 Å². The molecule has 2 atom stereocenters. The van der Waals surface area contributed by atoms with Crippen LogP contribution in [0.15, 0.2) is 24.3 Å². The molecule has 0 radical (unpaired) electrons. The SMILES string of the molecule is C[C@@H]1C[C@H]1C(=O)OCC(=O)NC(=O)c1ccc(C(C)(C)C)cc1. The molecule has 1 N–H and O–H groups in total. The summed E-state index contributed by atoms with van der Waals surface area (Å²) in [6.45, 7) is 7.78. The Kier molecular flexibility index (Phi) is 4.88. The molecule has 0 aliphatic heterocycles. The molecule has 0 saturated heterocycles. The van der Waals surface area contributed by atoms with Crippen LogP contribution in [0, 0.1) is 11.8 Å². The topological polar surface area (TPSA) is 72.5 Å². The van der Waals surface area contributed by atoms with E-state index in [1.807, 2.05) is 19.1 Å². The lowest BCUT2D eigenvalue weighted by molar-refractivity contribution is -0.149. The van der Waals surface area contributed by atoms with Crippen molar-refractivity contribution in [3.63, 3.8) is 0 Å². The number of nitrogens with one attached hydrogen (secondary N) is 1. The van der Waals surface area contributed by atoms with Crippen LogP contribution in [-0.4, -0.2) is 24.4 Å². The number of ether oxygens (including phenoxy) is 1. The van der Waals surface area contributed by atoms with Crippen LogP contribution >= 0.6 is 0 Å². The van der Waals surface area contributed by atoms with E-state index in [0.717, 1.165) is 12.0 Å². The maximum atomic E-state index is 12.0. The molecule has 0 heterocycles. The summed E-state index contributed by atoms with van der Waals surface area (Å²) in [6.07, 6.45) is 0.805. The van der Waals surface area contributed by atoms with Crippen molar-refractivity contribution in [2.24, 2.45) is 11.8 Å². The molecule has 1 aliphatic rings. The predicted octanol–water partition coefficient (Wildman–Crippen LogP) is 2.44. The minimum Gasteiger partial charge on any atom is -0.455 e. The van der Waals surface area contributed by atoms with Gasteiger partial charge in [0.05, 0.1) is 5.92 Å². The number of hydrogen-bond donors (Lipinski definition) is 1. The summed E-state index contributed by atoms with van der Waals surface area (Å²) in [7, 11) is 0. The lowest BCUT2D eigenvalue weighted by atomic mass is 9.87. The van der Waals surface area contributed by atoms with E-state index >= 15 is 0 Å². The Morgan fingerprint density at radius 3 is 2.22 bits per heavy atom. The summed E-state index contributed by atoms with van der Waals surface area (Å²) < 4.78 is 4.90. The van der Waals surface area contributed by atoms with Gasteiger partial charge >= 0.3 is 5.97 Å². The summed E-state index contributed by atoms with van der Waals surface area (Å²) in [6, 6.07) is 7.10. The largest absolute Gasteiger partial charge is 0.455 e. The van der Waals surface area contributed by atoms with E-state index < -0.39 is 18.4 Å². The molecule has 2 rings (SSSR count). The summed E-state index contributed by atoms with van der Waals surface area (Å²) in [4.78, 5) is 35.2. The van der Waals surface area contributed by atoms with Crippen molar-refractivity contribution in [1.29, 1.82) is 0 Å². The molecule has 5 nitrogen and oxygen atoms in total. The first-order chi connectivity index (χ1) is 10.7. The molecule has 0 aromatic heterocycles. The van der Waals surface area contributed by atoms with E-state index in [1.165, 1.54) is 0 Å². The Morgan fingerprint density at radius 1 is 1.17 bits per heavy atom. The predicted molar refractivity (Wildman–Crippen MR) is 85.8 cm³/mol. The van der Waals surface area contributed by atoms with Gasteiger partial charge in [0.15, 0.2) is 6.61 Å². The van der Waals surface area contributed by atoms with Crippen LogP contribution in [-0.2, 0) is 19.7 Å². The standard InChI is InChI=1S/C18H23NO4/c1-11-9-14(11)17(22)23-10-15(20)19-16(21)12-5-7-13(8-6-12)18(2,3)4/h5-8,11,14H,9-10H2,1-4H3,(H,19,20,21)/t11-,14-/m1/s1. The van der Waals surface area contributed by atoms with Crippen molar-refractivity contribution in [2.75, 3.05) is 6.61 Å². The van der Waals surface area contributed by atoms with Crippen LogP contribution in [0.25, 0.3) is 0 Å². The van der Waals surface area contributed by atoms with Crippen LogP contribution in [0.4, 0.5) is 0 Å². The van der Waals surface area contributed by atoms with Gasteiger partial charge in [0.25, 0.3) is 11.8 Å². The number of amides is 2. The Morgan fingerprint density at radius 2 is 1.74 bits per heavy atom. The fraction of sp³-hybridized carbons (Fsp3) is 0.500. The van der Waals surface area contributed by atoms with Gasteiger partial charge in [0.1, 0.15) is 0 Å². The smallest absolute Gasteiger partial charge is 0.309 e. The van der Waals surface area contributed by atoms with Gasteiger partial charge in [-0.05, 0) is 35.4 Å². The van der Waals surface area contributed by atoms with E-state index in [2.05, 4.69) is 26.1 Å². The second-order valence-electron chi connectivity index (χ2n) is 7.13. The molecular formula is C18H23NO4. The van der Waals surface area contributed by atoms with Crippen molar-refractivity contribution >= 4 is 17.8 Å². The third-order valence-electron chi connectivity index (χ3n) is 4.02. The Labute approximate surface area is 136 Å². The number of benzene rings is 1. The van der Waals surface area contributed by atoms with Crippen LogP contribution in [0.1, 0.15) is 50.0 Å². The lowest BCUT2D eigenvalue weighted by Gasteiger charge is -2.18. The van der Waals surface area contributed by atoms with Gasteiger partial charge < -0.3 is 4.74 Å². The molecule has 1 aromatic rings. The molecule has 0 spiro atoms. The highest BCUT2D eigenvalue weighted by atomic mass is 16.5. The summed E-state index contributed by atoms with van der Waals surface area (Å²) >= 11 is 0.